The summed E-state index contributed by atoms with van der Waals surface area (Å²) in [6.45, 7) is 5.90. The summed E-state index contributed by atoms with van der Waals surface area (Å²) in [7, 11) is 0. The number of hydrogen-bond acceptors (Lipinski definition) is 3. The molecule has 0 aromatic heterocycles. The molecule has 0 radical (unpaired) electrons. The molecule has 19 heavy (non-hydrogen) atoms. The molecule has 0 unspecified atom stereocenters. The highest BCUT2D eigenvalue weighted by Gasteiger charge is 2.46. The van der Waals surface area contributed by atoms with E-state index in [4.69, 9.17) is 0 Å². The van der Waals surface area contributed by atoms with E-state index < -0.39 is 5.41 Å². The normalized spacial score (nSPS) is 30.9. The first-order valence-corrected chi connectivity index (χ1v) is 7.10. The number of nitrogens with one attached hydrogen (secondary N) is 1. The van der Waals surface area contributed by atoms with E-state index in [0.29, 0.717) is 26.1 Å². The maximum atomic E-state index is 12.6. The van der Waals surface area contributed by atoms with Crippen LogP contribution in [0.5, 0.6) is 0 Å². The number of likely N-dealkylation sites (tertiary alicyclic amines) is 1. The Bertz CT molecular complexity index is 375. The van der Waals surface area contributed by atoms with Gasteiger partial charge in [-0.05, 0) is 38.0 Å². The quantitative estimate of drug-likeness (QED) is 0.718. The lowest BCUT2D eigenvalue weighted by Gasteiger charge is -2.42. The zero-order valence-electron chi connectivity index (χ0n) is 11.9. The molecule has 2 aliphatic heterocycles. The maximum absolute atomic E-state index is 12.6. The minimum atomic E-state index is -0.898. The Morgan fingerprint density at radius 1 is 1.32 bits per heavy atom. The molecule has 2 N–H and O–H groups in total. The topological polar surface area (TPSA) is 69.6 Å². The van der Waals surface area contributed by atoms with Crippen molar-refractivity contribution in [3.8, 4) is 0 Å². The lowest BCUT2D eigenvalue weighted by molar-refractivity contribution is -0.153. The van der Waals surface area contributed by atoms with E-state index in [1.54, 1.807) is 11.8 Å². The molecule has 0 bridgehead atoms. The van der Waals surface area contributed by atoms with Gasteiger partial charge in [0.1, 0.15) is 5.41 Å². The lowest BCUT2D eigenvalue weighted by Crippen LogP contribution is -2.56. The number of piperidine rings is 2. The Hall–Kier alpha value is -1.10. The molecule has 5 heteroatoms. The molecule has 1 atom stereocenters. The van der Waals surface area contributed by atoms with E-state index in [-0.39, 0.29) is 23.8 Å². The summed E-state index contributed by atoms with van der Waals surface area (Å²) in [4.78, 5) is 26.4. The van der Waals surface area contributed by atoms with Crippen molar-refractivity contribution in [1.82, 2.24) is 10.2 Å². The van der Waals surface area contributed by atoms with Crippen LogP contribution in [0, 0.1) is 10.8 Å². The van der Waals surface area contributed by atoms with E-state index in [9.17, 15) is 14.7 Å². The lowest BCUT2D eigenvalue weighted by atomic mass is 9.77. The fraction of sp³-hybridized carbons (Fsp3) is 0.857. The molecule has 0 spiro atoms. The van der Waals surface area contributed by atoms with Crippen LogP contribution in [-0.2, 0) is 9.59 Å². The minimum absolute atomic E-state index is 0.0512. The largest absolute Gasteiger partial charge is 0.396 e. The van der Waals surface area contributed by atoms with E-state index in [1.807, 2.05) is 6.92 Å². The van der Waals surface area contributed by atoms with Gasteiger partial charge in [0, 0.05) is 26.2 Å². The molecule has 2 aliphatic rings. The molecule has 0 aromatic carbocycles. The molecule has 2 amide bonds. The Morgan fingerprint density at radius 3 is 2.47 bits per heavy atom. The SMILES string of the molecule is CC1(CO)CCN(C(=O)[C@]2(C)CCCNC2=O)CC1. The zero-order chi connectivity index (χ0) is 14.1. The Balaban J connectivity index is 2.03. The monoisotopic (exact) mass is 268 g/mol. The summed E-state index contributed by atoms with van der Waals surface area (Å²) >= 11 is 0. The van der Waals surface area contributed by atoms with Crippen molar-refractivity contribution in [2.45, 2.75) is 39.5 Å². The second-order valence-corrected chi connectivity index (χ2v) is 6.45. The molecular weight excluding hydrogens is 244 g/mol. The zero-order valence-corrected chi connectivity index (χ0v) is 11.9. The van der Waals surface area contributed by atoms with Crippen LogP contribution in [0.2, 0.25) is 0 Å². The maximum Gasteiger partial charge on any atom is 0.237 e. The molecule has 0 aromatic rings. The molecule has 0 aliphatic carbocycles. The van der Waals surface area contributed by atoms with E-state index in [1.165, 1.54) is 0 Å². The van der Waals surface area contributed by atoms with Crippen molar-refractivity contribution in [3.05, 3.63) is 0 Å². The van der Waals surface area contributed by atoms with Crippen LogP contribution in [0.3, 0.4) is 0 Å². The summed E-state index contributed by atoms with van der Waals surface area (Å²) < 4.78 is 0. The fourth-order valence-corrected chi connectivity index (χ4v) is 2.91. The van der Waals surface area contributed by atoms with Gasteiger partial charge < -0.3 is 15.3 Å². The summed E-state index contributed by atoms with van der Waals surface area (Å²) in [5, 5.41) is 12.1. The number of hydrogen-bond donors (Lipinski definition) is 2. The third kappa shape index (κ3) is 2.61. The number of nitrogens with zero attached hydrogens (tertiary/aromatic N) is 1. The van der Waals surface area contributed by atoms with Crippen LogP contribution >= 0.6 is 0 Å². The van der Waals surface area contributed by atoms with Gasteiger partial charge in [0.05, 0.1) is 0 Å². The van der Waals surface area contributed by atoms with Gasteiger partial charge in [-0.15, -0.1) is 0 Å². The molecule has 2 saturated heterocycles. The molecule has 2 fully saturated rings. The van der Waals surface area contributed by atoms with Crippen LogP contribution in [0.1, 0.15) is 39.5 Å². The summed E-state index contributed by atoms with van der Waals surface area (Å²) in [5.41, 5.74) is -0.974. The molecule has 108 valence electrons. The smallest absolute Gasteiger partial charge is 0.237 e. The predicted molar refractivity (Wildman–Crippen MR) is 71.4 cm³/mol. The van der Waals surface area contributed by atoms with Gasteiger partial charge in [0.15, 0.2) is 0 Å². The van der Waals surface area contributed by atoms with Crippen molar-refractivity contribution < 1.29 is 14.7 Å². The van der Waals surface area contributed by atoms with E-state index in [0.717, 1.165) is 19.3 Å². The number of carbonyl (C=O) groups excluding carboxylic acids is 2. The summed E-state index contributed by atoms with van der Waals surface area (Å²) in [5.74, 6) is -0.191. The van der Waals surface area contributed by atoms with Crippen LogP contribution in [-0.4, -0.2) is 48.1 Å². The number of rotatable bonds is 2. The minimum Gasteiger partial charge on any atom is -0.396 e. The van der Waals surface area contributed by atoms with Crippen molar-refractivity contribution in [2.24, 2.45) is 10.8 Å². The Labute approximate surface area is 114 Å². The van der Waals surface area contributed by atoms with Crippen LogP contribution in [0.25, 0.3) is 0 Å². The fourth-order valence-electron chi connectivity index (χ4n) is 2.91. The molecule has 2 rings (SSSR count). The Morgan fingerprint density at radius 2 is 1.95 bits per heavy atom. The molecular formula is C14H24N2O3. The van der Waals surface area contributed by atoms with Gasteiger partial charge in [0.2, 0.25) is 11.8 Å². The van der Waals surface area contributed by atoms with Crippen molar-refractivity contribution >= 4 is 11.8 Å². The van der Waals surface area contributed by atoms with Gasteiger partial charge in [-0.25, -0.2) is 0 Å². The van der Waals surface area contributed by atoms with Crippen molar-refractivity contribution in [3.63, 3.8) is 0 Å². The van der Waals surface area contributed by atoms with Gasteiger partial charge in [0.25, 0.3) is 0 Å². The average molecular weight is 268 g/mol. The van der Waals surface area contributed by atoms with Crippen LogP contribution in [0.4, 0.5) is 0 Å². The van der Waals surface area contributed by atoms with Gasteiger partial charge >= 0.3 is 0 Å². The number of aliphatic hydroxyl groups is 1. The second-order valence-electron chi connectivity index (χ2n) is 6.45. The number of amides is 2. The highest BCUT2D eigenvalue weighted by atomic mass is 16.3. The first-order chi connectivity index (χ1) is 8.91. The highest BCUT2D eigenvalue weighted by Crippen LogP contribution is 2.34. The number of aliphatic hydroxyl groups excluding tert-OH is 1. The summed E-state index contributed by atoms with van der Waals surface area (Å²) in [6.07, 6.45) is 3.08. The van der Waals surface area contributed by atoms with Crippen LogP contribution < -0.4 is 5.32 Å². The van der Waals surface area contributed by atoms with Crippen molar-refractivity contribution in [1.29, 1.82) is 0 Å². The highest BCUT2D eigenvalue weighted by molar-refractivity contribution is 6.05. The summed E-state index contributed by atoms with van der Waals surface area (Å²) in [6, 6.07) is 0. The van der Waals surface area contributed by atoms with Gasteiger partial charge in [-0.2, -0.15) is 0 Å². The second kappa shape index (κ2) is 5.12. The van der Waals surface area contributed by atoms with Crippen molar-refractivity contribution in [2.75, 3.05) is 26.2 Å². The standard InChI is InChI=1S/C14H24N2O3/c1-13(10-17)5-8-16(9-6-13)12(19)14(2)4-3-7-15-11(14)18/h17H,3-10H2,1-2H3,(H,15,18)/t14-/m1/s1. The first kappa shape index (κ1) is 14.3. The number of carbonyl (C=O) groups is 2. The van der Waals surface area contributed by atoms with E-state index >= 15 is 0 Å². The van der Waals surface area contributed by atoms with Crippen LogP contribution in [0.15, 0.2) is 0 Å². The average Bonchev–Trinajstić information content (AvgIpc) is 2.42. The Kier molecular flexibility index (Phi) is 3.85. The molecule has 5 nitrogen and oxygen atoms in total. The third-order valence-corrected chi connectivity index (χ3v) is 4.75. The predicted octanol–water partition coefficient (Wildman–Crippen LogP) is 0.524. The molecule has 2 heterocycles. The third-order valence-electron chi connectivity index (χ3n) is 4.75. The molecule has 0 saturated carbocycles. The van der Waals surface area contributed by atoms with Gasteiger partial charge in [-0.3, -0.25) is 9.59 Å². The first-order valence-electron chi connectivity index (χ1n) is 7.10. The van der Waals surface area contributed by atoms with Gasteiger partial charge in [-0.1, -0.05) is 6.92 Å². The van der Waals surface area contributed by atoms with E-state index in [2.05, 4.69) is 5.32 Å².